The number of rotatable bonds is 4. The van der Waals surface area contributed by atoms with Gasteiger partial charge in [-0.25, -0.2) is 0 Å². The van der Waals surface area contributed by atoms with Gasteiger partial charge in [0.1, 0.15) is 0 Å². The van der Waals surface area contributed by atoms with Crippen molar-refractivity contribution in [1.82, 2.24) is 9.78 Å². The van der Waals surface area contributed by atoms with Crippen LogP contribution < -0.4 is 10.2 Å². The Labute approximate surface area is 112 Å². The largest absolute Gasteiger partial charge is 0.379 e. The first-order valence-corrected chi connectivity index (χ1v) is 6.13. The molecule has 0 spiro atoms. The second-order valence-electron chi connectivity index (χ2n) is 4.36. The molecule has 1 aromatic heterocycles. The summed E-state index contributed by atoms with van der Waals surface area (Å²) in [6, 6.07) is 7.96. The fourth-order valence-electron chi connectivity index (χ4n) is 1.75. The highest BCUT2D eigenvalue weighted by Gasteiger charge is 2.04. The average molecular weight is 265 g/mol. The quantitative estimate of drug-likeness (QED) is 0.922. The zero-order valence-electron chi connectivity index (χ0n) is 10.8. The van der Waals surface area contributed by atoms with Crippen molar-refractivity contribution in [2.24, 2.45) is 7.05 Å². The van der Waals surface area contributed by atoms with Crippen LogP contribution in [0.3, 0.4) is 0 Å². The van der Waals surface area contributed by atoms with Crippen LogP contribution in [0.2, 0.25) is 5.02 Å². The average Bonchev–Trinajstić information content (AvgIpc) is 2.72. The Morgan fingerprint density at radius 1 is 1.33 bits per heavy atom. The van der Waals surface area contributed by atoms with Gasteiger partial charge < -0.3 is 10.2 Å². The summed E-state index contributed by atoms with van der Waals surface area (Å²) in [5.41, 5.74) is 3.15. The fourth-order valence-corrected chi connectivity index (χ4v) is 2.10. The highest BCUT2D eigenvalue weighted by atomic mass is 35.5. The Kier molecular flexibility index (Phi) is 3.77. The predicted molar refractivity (Wildman–Crippen MR) is 76.3 cm³/mol. The molecule has 2 rings (SSSR count). The topological polar surface area (TPSA) is 33.1 Å². The lowest BCUT2D eigenvalue weighted by Crippen LogP contribution is -2.09. The molecule has 0 aliphatic carbocycles. The summed E-state index contributed by atoms with van der Waals surface area (Å²) < 4.78 is 1.85. The Morgan fingerprint density at radius 3 is 2.67 bits per heavy atom. The molecule has 0 aliphatic rings. The first-order chi connectivity index (χ1) is 8.58. The monoisotopic (exact) mass is 264 g/mol. The fraction of sp³-hybridized carbons (Fsp3) is 0.308. The zero-order valence-corrected chi connectivity index (χ0v) is 11.6. The highest BCUT2D eigenvalue weighted by molar-refractivity contribution is 6.33. The SMILES string of the molecule is CN(C)c1ccc(NCc2ccnn2C)cc1Cl. The van der Waals surface area contributed by atoms with E-state index < -0.39 is 0 Å². The number of hydrogen-bond acceptors (Lipinski definition) is 3. The molecular formula is C13H17ClN4. The lowest BCUT2D eigenvalue weighted by Gasteiger charge is -2.15. The summed E-state index contributed by atoms with van der Waals surface area (Å²) in [7, 11) is 5.88. The highest BCUT2D eigenvalue weighted by Crippen LogP contribution is 2.27. The van der Waals surface area contributed by atoms with Crippen LogP contribution in [-0.2, 0) is 13.6 Å². The standard InChI is InChI=1S/C13H17ClN4/c1-17(2)13-5-4-10(8-12(13)14)15-9-11-6-7-16-18(11)3/h4-8,15H,9H2,1-3H3. The molecule has 4 nitrogen and oxygen atoms in total. The number of nitrogens with one attached hydrogen (secondary N) is 1. The van der Waals surface area contributed by atoms with E-state index >= 15 is 0 Å². The lowest BCUT2D eigenvalue weighted by molar-refractivity contribution is 0.720. The Balaban J connectivity index is 2.07. The zero-order chi connectivity index (χ0) is 13.1. The first kappa shape index (κ1) is 12.8. The van der Waals surface area contributed by atoms with E-state index in [2.05, 4.69) is 10.4 Å². The van der Waals surface area contributed by atoms with Gasteiger partial charge in [-0.15, -0.1) is 0 Å². The Morgan fingerprint density at radius 2 is 2.11 bits per heavy atom. The molecule has 18 heavy (non-hydrogen) atoms. The first-order valence-electron chi connectivity index (χ1n) is 5.75. The summed E-state index contributed by atoms with van der Waals surface area (Å²) in [5, 5.41) is 8.20. The Bertz CT molecular complexity index is 534. The van der Waals surface area contributed by atoms with Crippen molar-refractivity contribution in [3.05, 3.63) is 41.2 Å². The second kappa shape index (κ2) is 5.31. The number of hydrogen-bond donors (Lipinski definition) is 1. The number of nitrogens with zero attached hydrogens (tertiary/aromatic N) is 3. The van der Waals surface area contributed by atoms with Crippen molar-refractivity contribution >= 4 is 23.0 Å². The molecular weight excluding hydrogens is 248 g/mol. The molecule has 0 saturated carbocycles. The van der Waals surface area contributed by atoms with Gasteiger partial charge in [-0.05, 0) is 24.3 Å². The third-order valence-corrected chi connectivity index (χ3v) is 3.13. The third-order valence-electron chi connectivity index (χ3n) is 2.83. The van der Waals surface area contributed by atoms with E-state index in [1.165, 1.54) is 0 Å². The minimum Gasteiger partial charge on any atom is -0.379 e. The van der Waals surface area contributed by atoms with Gasteiger partial charge in [0, 0.05) is 33.0 Å². The van der Waals surface area contributed by atoms with Gasteiger partial charge in [-0.1, -0.05) is 11.6 Å². The second-order valence-corrected chi connectivity index (χ2v) is 4.77. The smallest absolute Gasteiger partial charge is 0.0659 e. The van der Waals surface area contributed by atoms with Crippen LogP contribution in [0, 0.1) is 0 Å². The number of aromatic nitrogens is 2. The van der Waals surface area contributed by atoms with E-state index in [4.69, 9.17) is 11.6 Å². The number of benzene rings is 1. The molecule has 2 aromatic rings. The molecule has 1 N–H and O–H groups in total. The van der Waals surface area contributed by atoms with Crippen molar-refractivity contribution in [2.75, 3.05) is 24.3 Å². The van der Waals surface area contributed by atoms with Crippen LogP contribution in [0.25, 0.3) is 0 Å². The Hall–Kier alpha value is -1.68. The molecule has 5 heteroatoms. The van der Waals surface area contributed by atoms with Gasteiger partial charge in [0.05, 0.1) is 22.9 Å². The van der Waals surface area contributed by atoms with E-state index in [0.717, 1.165) is 28.6 Å². The molecule has 0 atom stereocenters. The van der Waals surface area contributed by atoms with E-state index in [9.17, 15) is 0 Å². The van der Waals surface area contributed by atoms with Crippen molar-refractivity contribution in [1.29, 1.82) is 0 Å². The maximum atomic E-state index is 6.22. The van der Waals surface area contributed by atoms with E-state index in [0.29, 0.717) is 0 Å². The van der Waals surface area contributed by atoms with E-state index in [-0.39, 0.29) is 0 Å². The van der Waals surface area contributed by atoms with Crippen LogP contribution in [0.15, 0.2) is 30.5 Å². The van der Waals surface area contributed by atoms with Crippen LogP contribution in [0.1, 0.15) is 5.69 Å². The molecule has 1 heterocycles. The van der Waals surface area contributed by atoms with Gasteiger partial charge in [0.25, 0.3) is 0 Å². The van der Waals surface area contributed by atoms with Crippen molar-refractivity contribution in [2.45, 2.75) is 6.54 Å². The molecule has 0 bridgehead atoms. The van der Waals surface area contributed by atoms with Gasteiger partial charge in [0.2, 0.25) is 0 Å². The third kappa shape index (κ3) is 2.76. The van der Waals surface area contributed by atoms with Crippen molar-refractivity contribution in [3.63, 3.8) is 0 Å². The molecule has 0 fully saturated rings. The van der Waals surface area contributed by atoms with Crippen molar-refractivity contribution < 1.29 is 0 Å². The summed E-state index contributed by atoms with van der Waals surface area (Å²) in [6.45, 7) is 0.730. The van der Waals surface area contributed by atoms with E-state index in [1.807, 2.05) is 55.0 Å². The van der Waals surface area contributed by atoms with Gasteiger partial charge in [0.15, 0.2) is 0 Å². The van der Waals surface area contributed by atoms with Crippen LogP contribution in [0.5, 0.6) is 0 Å². The minimum absolute atomic E-state index is 0.730. The summed E-state index contributed by atoms with van der Waals surface area (Å²) in [6.07, 6.45) is 1.79. The van der Waals surface area contributed by atoms with E-state index in [1.54, 1.807) is 6.20 Å². The van der Waals surface area contributed by atoms with Crippen LogP contribution in [-0.4, -0.2) is 23.9 Å². The molecule has 0 unspecified atom stereocenters. The lowest BCUT2D eigenvalue weighted by atomic mass is 10.2. The molecule has 1 aromatic carbocycles. The summed E-state index contributed by atoms with van der Waals surface area (Å²) in [4.78, 5) is 1.99. The molecule has 0 radical (unpaired) electrons. The van der Waals surface area contributed by atoms with Gasteiger partial charge in [-0.2, -0.15) is 5.10 Å². The summed E-state index contributed by atoms with van der Waals surface area (Å²) in [5.74, 6) is 0. The van der Waals surface area contributed by atoms with Gasteiger partial charge in [-0.3, -0.25) is 4.68 Å². The normalized spacial score (nSPS) is 10.4. The number of anilines is 2. The maximum absolute atomic E-state index is 6.22. The summed E-state index contributed by atoms with van der Waals surface area (Å²) >= 11 is 6.22. The van der Waals surface area contributed by atoms with Gasteiger partial charge >= 0.3 is 0 Å². The molecule has 0 amide bonds. The predicted octanol–water partition coefficient (Wildman–Crippen LogP) is 2.75. The van der Waals surface area contributed by atoms with Crippen LogP contribution >= 0.6 is 11.6 Å². The number of aryl methyl sites for hydroxylation is 1. The molecule has 0 aliphatic heterocycles. The van der Waals surface area contributed by atoms with Crippen molar-refractivity contribution in [3.8, 4) is 0 Å². The molecule has 96 valence electrons. The maximum Gasteiger partial charge on any atom is 0.0659 e. The van der Waals surface area contributed by atoms with Crippen LogP contribution in [0.4, 0.5) is 11.4 Å². The number of halogens is 1. The minimum atomic E-state index is 0.730. The molecule has 0 saturated heterocycles.